The number of hydrogen-bond acceptors (Lipinski definition) is 3. The standard InChI is InChI=1S/C26H30O3/c1-17-14-21-22(26(4,5)13-12-25(21,2)3)16-20(17)24(28)19-9-7-8-18(15-19)10-11-23(27)29-6/h7-11,14-16H,12-13H2,1-6H3. The molecule has 1 aliphatic rings. The fourth-order valence-electron chi connectivity index (χ4n) is 4.14. The molecule has 29 heavy (non-hydrogen) atoms. The number of aryl methyl sites for hydroxylation is 1. The molecule has 0 bridgehead atoms. The molecule has 2 aromatic rings. The normalized spacial score (nSPS) is 17.0. The zero-order valence-electron chi connectivity index (χ0n) is 18.3. The van der Waals surface area contributed by atoms with Crippen LogP contribution in [0.3, 0.4) is 0 Å². The topological polar surface area (TPSA) is 43.4 Å². The first-order chi connectivity index (χ1) is 13.5. The van der Waals surface area contributed by atoms with Crippen LogP contribution in [0, 0.1) is 6.92 Å². The molecule has 0 N–H and O–H groups in total. The fraction of sp³-hybridized carbons (Fsp3) is 0.385. The zero-order chi connectivity index (χ0) is 21.4. The van der Waals surface area contributed by atoms with Crippen LogP contribution >= 0.6 is 0 Å². The molecule has 0 saturated carbocycles. The van der Waals surface area contributed by atoms with Gasteiger partial charge in [0.2, 0.25) is 0 Å². The Morgan fingerprint density at radius 3 is 2.21 bits per heavy atom. The summed E-state index contributed by atoms with van der Waals surface area (Å²) in [7, 11) is 1.34. The van der Waals surface area contributed by atoms with E-state index in [0.29, 0.717) is 5.56 Å². The lowest BCUT2D eigenvalue weighted by molar-refractivity contribution is -0.134. The van der Waals surface area contributed by atoms with Gasteiger partial charge in [0.05, 0.1) is 7.11 Å². The van der Waals surface area contributed by atoms with E-state index < -0.39 is 5.97 Å². The van der Waals surface area contributed by atoms with Gasteiger partial charge in [0.1, 0.15) is 0 Å². The number of carbonyl (C=O) groups is 2. The van der Waals surface area contributed by atoms with Crippen molar-refractivity contribution in [3.63, 3.8) is 0 Å². The number of ketones is 1. The number of ether oxygens (including phenoxy) is 1. The van der Waals surface area contributed by atoms with Crippen molar-refractivity contribution >= 4 is 17.8 Å². The molecule has 3 nitrogen and oxygen atoms in total. The Kier molecular flexibility index (Phi) is 5.53. The second-order valence-corrected chi connectivity index (χ2v) is 9.29. The van der Waals surface area contributed by atoms with E-state index in [1.807, 2.05) is 31.2 Å². The SMILES string of the molecule is COC(=O)C=Cc1cccc(C(=O)c2cc3c(cc2C)C(C)(C)CCC3(C)C)c1. The Balaban J connectivity index is 2.03. The molecule has 2 aromatic carbocycles. The van der Waals surface area contributed by atoms with Crippen molar-refractivity contribution in [2.45, 2.75) is 58.3 Å². The van der Waals surface area contributed by atoms with Gasteiger partial charge in [-0.25, -0.2) is 4.79 Å². The van der Waals surface area contributed by atoms with E-state index in [-0.39, 0.29) is 16.6 Å². The Labute approximate surface area is 173 Å². The summed E-state index contributed by atoms with van der Waals surface area (Å²) in [6.45, 7) is 11.1. The van der Waals surface area contributed by atoms with E-state index in [2.05, 4.69) is 44.6 Å². The lowest BCUT2D eigenvalue weighted by Gasteiger charge is -2.42. The van der Waals surface area contributed by atoms with Gasteiger partial charge in [-0.3, -0.25) is 4.79 Å². The van der Waals surface area contributed by atoms with Crippen molar-refractivity contribution in [1.29, 1.82) is 0 Å². The van der Waals surface area contributed by atoms with Gasteiger partial charge in [-0.2, -0.15) is 0 Å². The third-order valence-electron chi connectivity index (χ3n) is 6.20. The van der Waals surface area contributed by atoms with Crippen LogP contribution in [0.1, 0.15) is 78.7 Å². The predicted molar refractivity (Wildman–Crippen MR) is 117 cm³/mol. The Morgan fingerprint density at radius 1 is 0.966 bits per heavy atom. The summed E-state index contributed by atoms with van der Waals surface area (Å²) in [5, 5.41) is 0. The number of esters is 1. The molecule has 0 spiro atoms. The Morgan fingerprint density at radius 2 is 1.59 bits per heavy atom. The highest BCUT2D eigenvalue weighted by molar-refractivity contribution is 6.10. The fourth-order valence-corrected chi connectivity index (χ4v) is 4.14. The maximum atomic E-state index is 13.4. The summed E-state index contributed by atoms with van der Waals surface area (Å²) in [5.74, 6) is -0.407. The van der Waals surface area contributed by atoms with Crippen LogP contribution in [0.25, 0.3) is 6.08 Å². The van der Waals surface area contributed by atoms with Gasteiger partial charge in [0, 0.05) is 17.2 Å². The number of hydrogen-bond donors (Lipinski definition) is 0. The van der Waals surface area contributed by atoms with Gasteiger partial charge >= 0.3 is 5.97 Å². The molecule has 0 aliphatic heterocycles. The van der Waals surface area contributed by atoms with Gasteiger partial charge in [0.25, 0.3) is 0 Å². The minimum atomic E-state index is -0.419. The molecule has 3 rings (SSSR count). The maximum absolute atomic E-state index is 13.4. The third-order valence-corrected chi connectivity index (χ3v) is 6.20. The largest absolute Gasteiger partial charge is 0.466 e. The van der Waals surface area contributed by atoms with Crippen LogP contribution < -0.4 is 0 Å². The lowest BCUT2D eigenvalue weighted by atomic mass is 9.62. The van der Waals surface area contributed by atoms with Crippen molar-refractivity contribution in [2.24, 2.45) is 0 Å². The highest BCUT2D eigenvalue weighted by Gasteiger charge is 2.37. The molecule has 1 aliphatic carbocycles. The molecule has 0 atom stereocenters. The highest BCUT2D eigenvalue weighted by atomic mass is 16.5. The van der Waals surface area contributed by atoms with Crippen LogP contribution in [-0.2, 0) is 20.4 Å². The number of benzene rings is 2. The van der Waals surface area contributed by atoms with E-state index >= 15 is 0 Å². The Bertz CT molecular complexity index is 993. The zero-order valence-corrected chi connectivity index (χ0v) is 18.3. The van der Waals surface area contributed by atoms with E-state index in [9.17, 15) is 9.59 Å². The minimum Gasteiger partial charge on any atom is -0.466 e. The summed E-state index contributed by atoms with van der Waals surface area (Å²) in [6, 6.07) is 11.7. The molecule has 0 heterocycles. The number of fused-ring (bicyclic) bond motifs is 1. The minimum absolute atomic E-state index is 0.0118. The summed E-state index contributed by atoms with van der Waals surface area (Å²) in [4.78, 5) is 24.7. The lowest BCUT2D eigenvalue weighted by Crippen LogP contribution is -2.34. The van der Waals surface area contributed by atoms with Gasteiger partial charge in [-0.05, 0) is 71.1 Å². The van der Waals surface area contributed by atoms with Crippen molar-refractivity contribution in [1.82, 2.24) is 0 Å². The van der Waals surface area contributed by atoms with Crippen molar-refractivity contribution in [3.8, 4) is 0 Å². The summed E-state index contributed by atoms with van der Waals surface area (Å²) in [5.41, 5.74) is 5.99. The van der Waals surface area contributed by atoms with Crippen molar-refractivity contribution < 1.29 is 14.3 Å². The molecule has 0 fully saturated rings. The molecule has 3 heteroatoms. The van der Waals surface area contributed by atoms with Crippen molar-refractivity contribution in [2.75, 3.05) is 7.11 Å². The van der Waals surface area contributed by atoms with Crippen LogP contribution in [-0.4, -0.2) is 18.9 Å². The molecular weight excluding hydrogens is 360 g/mol. The third kappa shape index (κ3) is 4.19. The summed E-state index contributed by atoms with van der Waals surface area (Å²) in [6.07, 6.45) is 5.28. The smallest absolute Gasteiger partial charge is 0.330 e. The number of methoxy groups -OCH3 is 1. The van der Waals surface area contributed by atoms with Crippen LogP contribution in [0.4, 0.5) is 0 Å². The van der Waals surface area contributed by atoms with Crippen molar-refractivity contribution in [3.05, 3.63) is 75.9 Å². The molecule has 0 unspecified atom stereocenters. The van der Waals surface area contributed by atoms with E-state index in [0.717, 1.165) is 29.5 Å². The first-order valence-electron chi connectivity index (χ1n) is 10.1. The molecule has 0 amide bonds. The van der Waals surface area contributed by atoms with E-state index in [1.54, 1.807) is 6.08 Å². The van der Waals surface area contributed by atoms with Gasteiger partial charge in [-0.15, -0.1) is 0 Å². The monoisotopic (exact) mass is 390 g/mol. The van der Waals surface area contributed by atoms with E-state index in [4.69, 9.17) is 0 Å². The molecule has 0 saturated heterocycles. The second-order valence-electron chi connectivity index (χ2n) is 9.29. The predicted octanol–water partition coefficient (Wildman–Crippen LogP) is 5.76. The van der Waals surface area contributed by atoms with Crippen LogP contribution in [0.5, 0.6) is 0 Å². The molecule has 152 valence electrons. The van der Waals surface area contributed by atoms with E-state index in [1.165, 1.54) is 24.3 Å². The first-order valence-corrected chi connectivity index (χ1v) is 10.1. The van der Waals surface area contributed by atoms with Gasteiger partial charge in [-0.1, -0.05) is 52.0 Å². The highest BCUT2D eigenvalue weighted by Crippen LogP contribution is 2.46. The average molecular weight is 391 g/mol. The van der Waals surface area contributed by atoms with Crippen LogP contribution in [0.15, 0.2) is 42.5 Å². The molecule has 0 radical (unpaired) electrons. The summed E-state index contributed by atoms with van der Waals surface area (Å²) < 4.78 is 4.63. The molecular formula is C26H30O3. The average Bonchev–Trinajstić information content (AvgIpc) is 2.69. The van der Waals surface area contributed by atoms with Crippen LogP contribution in [0.2, 0.25) is 0 Å². The quantitative estimate of drug-likeness (QED) is 0.379. The summed E-state index contributed by atoms with van der Waals surface area (Å²) >= 11 is 0. The number of carbonyl (C=O) groups excluding carboxylic acids is 2. The van der Waals surface area contributed by atoms with Gasteiger partial charge < -0.3 is 4.74 Å². The Hall–Kier alpha value is -2.68. The maximum Gasteiger partial charge on any atom is 0.330 e. The first kappa shape index (κ1) is 21.0. The second kappa shape index (κ2) is 7.62. The number of rotatable bonds is 4. The molecule has 0 aromatic heterocycles. The van der Waals surface area contributed by atoms with Gasteiger partial charge in [0.15, 0.2) is 5.78 Å².